The maximum absolute atomic E-state index is 12.9. The van der Waals surface area contributed by atoms with Gasteiger partial charge in [0.2, 0.25) is 0 Å². The topological polar surface area (TPSA) is 81.0 Å². The third-order valence-corrected chi connectivity index (χ3v) is 6.92. The van der Waals surface area contributed by atoms with Gasteiger partial charge in [-0.1, -0.05) is 0 Å². The number of fused-ring (bicyclic) bond motifs is 1. The maximum Gasteiger partial charge on any atom is 0.262 e. The Kier molecular flexibility index (Phi) is 4.69. The molecule has 3 aromatic rings. The first-order chi connectivity index (χ1) is 12.9. The maximum atomic E-state index is 12.9. The predicted octanol–water partition coefficient (Wildman–Crippen LogP) is 2.98. The van der Waals surface area contributed by atoms with E-state index in [1.54, 1.807) is 18.7 Å². The van der Waals surface area contributed by atoms with Crippen molar-refractivity contribution in [2.45, 2.75) is 43.7 Å². The summed E-state index contributed by atoms with van der Waals surface area (Å²) in [6, 6.07) is 8.13. The molecule has 142 valence electrons. The van der Waals surface area contributed by atoms with Crippen LogP contribution in [0.2, 0.25) is 0 Å². The lowest BCUT2D eigenvalue weighted by Crippen LogP contribution is -2.38. The minimum absolute atomic E-state index is 0.127. The highest BCUT2D eigenvalue weighted by Gasteiger charge is 2.32. The number of aromatic nitrogens is 4. The zero-order valence-corrected chi connectivity index (χ0v) is 16.3. The molecule has 0 N–H and O–H groups in total. The van der Waals surface area contributed by atoms with E-state index in [0.29, 0.717) is 13.1 Å². The van der Waals surface area contributed by atoms with Crippen LogP contribution in [-0.2, 0) is 10.0 Å². The normalized spacial score (nSPS) is 17.0. The summed E-state index contributed by atoms with van der Waals surface area (Å²) in [4.78, 5) is 13.1. The fourth-order valence-corrected chi connectivity index (χ4v) is 4.84. The second-order valence-electron chi connectivity index (χ2n) is 7.22. The smallest absolute Gasteiger partial charge is 0.262 e. The molecule has 0 aliphatic carbocycles. The van der Waals surface area contributed by atoms with E-state index < -0.39 is 10.0 Å². The Morgan fingerprint density at radius 3 is 2.59 bits per heavy atom. The molecule has 8 heteroatoms. The van der Waals surface area contributed by atoms with Crippen LogP contribution < -0.4 is 0 Å². The minimum Gasteiger partial charge on any atom is -0.334 e. The highest BCUT2D eigenvalue weighted by molar-refractivity contribution is 7.89. The van der Waals surface area contributed by atoms with Crippen LogP contribution in [0.3, 0.4) is 0 Å². The fourth-order valence-electron chi connectivity index (χ4n) is 3.45. The molecule has 0 saturated carbocycles. The van der Waals surface area contributed by atoms with E-state index in [0.717, 1.165) is 29.6 Å². The molecule has 0 radical (unpaired) electrons. The van der Waals surface area contributed by atoms with Crippen LogP contribution in [0.1, 0.15) is 44.3 Å². The third-order valence-electron chi connectivity index (χ3n) is 5.14. The summed E-state index contributed by atoms with van der Waals surface area (Å²) in [5, 5.41) is 1.14. The Balaban J connectivity index is 1.48. The van der Waals surface area contributed by atoms with E-state index in [9.17, 15) is 8.42 Å². The first-order valence-corrected chi connectivity index (χ1v) is 10.6. The molecule has 0 aromatic carbocycles. The number of piperidine rings is 1. The standard InChI is InChI=1S/C19H23N5O2S/c1-14(2)23-12-18(21-13-23)27(25,26)24-10-7-15(8-11-24)17-6-5-16-4-3-9-20-19(16)22-17/h3-6,9,12-15H,7-8,10-11H2,1-2H3. The van der Waals surface area contributed by atoms with Crippen LogP contribution in [0.15, 0.2) is 48.0 Å². The summed E-state index contributed by atoms with van der Waals surface area (Å²) in [7, 11) is -3.55. The van der Waals surface area contributed by atoms with Crippen molar-refractivity contribution in [1.29, 1.82) is 0 Å². The van der Waals surface area contributed by atoms with Crippen LogP contribution in [0.5, 0.6) is 0 Å². The molecule has 7 nitrogen and oxygen atoms in total. The Morgan fingerprint density at radius 1 is 1.11 bits per heavy atom. The zero-order valence-electron chi connectivity index (χ0n) is 15.5. The summed E-state index contributed by atoms with van der Waals surface area (Å²) in [5.41, 5.74) is 1.73. The third kappa shape index (κ3) is 3.46. The molecular formula is C19H23N5O2S. The van der Waals surface area contributed by atoms with Crippen LogP contribution in [0.25, 0.3) is 11.0 Å². The molecule has 1 aliphatic heterocycles. The molecule has 0 amide bonds. The lowest BCUT2D eigenvalue weighted by Gasteiger charge is -2.30. The van der Waals surface area contributed by atoms with Crippen molar-refractivity contribution in [3.63, 3.8) is 0 Å². The molecule has 0 unspecified atom stereocenters. The predicted molar refractivity (Wildman–Crippen MR) is 103 cm³/mol. The Bertz CT molecular complexity index is 1050. The summed E-state index contributed by atoms with van der Waals surface area (Å²) in [6.07, 6.45) is 6.43. The fraction of sp³-hybridized carbons (Fsp3) is 0.421. The lowest BCUT2D eigenvalue weighted by atomic mass is 9.94. The van der Waals surface area contributed by atoms with Gasteiger partial charge >= 0.3 is 0 Å². The molecule has 0 bridgehead atoms. The van der Waals surface area contributed by atoms with E-state index in [2.05, 4.69) is 15.0 Å². The minimum atomic E-state index is -3.55. The number of nitrogens with zero attached hydrogens (tertiary/aromatic N) is 5. The summed E-state index contributed by atoms with van der Waals surface area (Å²) in [5.74, 6) is 0.246. The number of pyridine rings is 2. The Hall–Kier alpha value is -2.32. The molecule has 27 heavy (non-hydrogen) atoms. The second-order valence-corrected chi connectivity index (χ2v) is 9.10. The summed E-state index contributed by atoms with van der Waals surface area (Å²) < 4.78 is 29.1. The molecule has 4 heterocycles. The monoisotopic (exact) mass is 385 g/mol. The van der Waals surface area contributed by atoms with Crippen molar-refractivity contribution in [3.8, 4) is 0 Å². The average molecular weight is 385 g/mol. The van der Waals surface area contributed by atoms with Gasteiger partial charge < -0.3 is 4.57 Å². The quantitative estimate of drug-likeness (QED) is 0.690. The van der Waals surface area contributed by atoms with Gasteiger partial charge in [0.15, 0.2) is 10.7 Å². The van der Waals surface area contributed by atoms with Gasteiger partial charge in [-0.25, -0.2) is 23.4 Å². The van der Waals surface area contributed by atoms with Gasteiger partial charge in [-0.2, -0.15) is 4.31 Å². The van der Waals surface area contributed by atoms with Gasteiger partial charge in [0.25, 0.3) is 10.0 Å². The van der Waals surface area contributed by atoms with E-state index >= 15 is 0 Å². The molecule has 4 rings (SSSR count). The van der Waals surface area contributed by atoms with Crippen LogP contribution in [-0.4, -0.2) is 45.3 Å². The lowest BCUT2D eigenvalue weighted by molar-refractivity contribution is 0.316. The number of imidazole rings is 1. The average Bonchev–Trinajstić information content (AvgIpc) is 3.19. The number of hydrogen-bond donors (Lipinski definition) is 0. The summed E-state index contributed by atoms with van der Waals surface area (Å²) >= 11 is 0. The van der Waals surface area contributed by atoms with Crippen molar-refractivity contribution in [2.75, 3.05) is 13.1 Å². The number of rotatable bonds is 4. The van der Waals surface area contributed by atoms with E-state index in [1.165, 1.54) is 4.31 Å². The van der Waals surface area contributed by atoms with Gasteiger partial charge in [0.05, 0.1) is 6.33 Å². The van der Waals surface area contributed by atoms with E-state index in [4.69, 9.17) is 0 Å². The van der Waals surface area contributed by atoms with Crippen LogP contribution in [0, 0.1) is 0 Å². The van der Waals surface area contributed by atoms with Gasteiger partial charge in [-0.15, -0.1) is 0 Å². The van der Waals surface area contributed by atoms with Crippen LogP contribution in [0.4, 0.5) is 0 Å². The first-order valence-electron chi connectivity index (χ1n) is 9.20. The van der Waals surface area contributed by atoms with Crippen molar-refractivity contribution in [3.05, 3.63) is 48.7 Å². The molecule has 1 saturated heterocycles. The van der Waals surface area contributed by atoms with E-state index in [1.807, 2.05) is 42.7 Å². The molecule has 1 aliphatic rings. The van der Waals surface area contributed by atoms with Crippen molar-refractivity contribution in [1.82, 2.24) is 23.8 Å². The summed E-state index contributed by atoms with van der Waals surface area (Å²) in [6.45, 7) is 4.94. The van der Waals surface area contributed by atoms with Crippen molar-refractivity contribution < 1.29 is 8.42 Å². The Labute approximate surface area is 159 Å². The van der Waals surface area contributed by atoms with Crippen molar-refractivity contribution >= 4 is 21.1 Å². The zero-order chi connectivity index (χ0) is 19.0. The largest absolute Gasteiger partial charge is 0.334 e. The number of sulfonamides is 1. The van der Waals surface area contributed by atoms with Gasteiger partial charge in [0.1, 0.15) is 0 Å². The van der Waals surface area contributed by atoms with Gasteiger partial charge in [0, 0.05) is 48.5 Å². The van der Waals surface area contributed by atoms with Crippen LogP contribution >= 0.6 is 0 Å². The highest BCUT2D eigenvalue weighted by Crippen LogP contribution is 2.30. The highest BCUT2D eigenvalue weighted by atomic mass is 32.2. The van der Waals surface area contributed by atoms with Gasteiger partial charge in [-0.3, -0.25) is 0 Å². The molecule has 1 fully saturated rings. The second kappa shape index (κ2) is 7.01. The molecule has 0 atom stereocenters. The van der Waals surface area contributed by atoms with Crippen molar-refractivity contribution in [2.24, 2.45) is 0 Å². The van der Waals surface area contributed by atoms with E-state index in [-0.39, 0.29) is 17.0 Å². The van der Waals surface area contributed by atoms with Gasteiger partial charge in [-0.05, 0) is 51.0 Å². The Morgan fingerprint density at radius 2 is 1.89 bits per heavy atom. The SMILES string of the molecule is CC(C)n1cnc(S(=O)(=O)N2CCC(c3ccc4cccnc4n3)CC2)c1. The molecule has 3 aromatic heterocycles. The number of hydrogen-bond acceptors (Lipinski definition) is 5. The molecular weight excluding hydrogens is 362 g/mol. The molecule has 0 spiro atoms. The first kappa shape index (κ1) is 18.1.